The standard InChI is InChI=1S/C15H32N6/c16-20-18-14-12-10-8-6-4-2-1-3-5-7-9-11-13-15-19-21-17/h16-17H,1-15H2/q+2. The molecule has 0 saturated carbocycles. The van der Waals surface area contributed by atoms with E-state index in [9.17, 15) is 0 Å². The van der Waals surface area contributed by atoms with Crippen LogP contribution in [-0.4, -0.2) is 13.1 Å². The van der Waals surface area contributed by atoms with Crippen LogP contribution in [0, 0.1) is 11.1 Å². The third kappa shape index (κ3) is 18.6. The quantitative estimate of drug-likeness (QED) is 0.223. The molecule has 0 radical (unpaired) electrons. The highest BCUT2D eigenvalue weighted by atomic mass is 15.1. The second-order valence-electron chi connectivity index (χ2n) is 5.53. The van der Waals surface area contributed by atoms with Gasteiger partial charge in [0.1, 0.15) is 34.4 Å². The Morgan fingerprint density at radius 1 is 0.429 bits per heavy atom. The predicted molar refractivity (Wildman–Crippen MR) is 84.3 cm³/mol. The summed E-state index contributed by atoms with van der Waals surface area (Å²) in [6.45, 7) is 1.44. The fourth-order valence-corrected chi connectivity index (χ4v) is 2.41. The van der Waals surface area contributed by atoms with Crippen molar-refractivity contribution in [1.82, 2.24) is 9.82 Å². The fourth-order valence-electron chi connectivity index (χ4n) is 2.41. The van der Waals surface area contributed by atoms with Crippen LogP contribution in [0.15, 0.2) is 10.2 Å². The minimum Gasteiger partial charge on any atom is -0.0533 e. The molecule has 0 atom stereocenters. The summed E-state index contributed by atoms with van der Waals surface area (Å²) in [5.41, 5.74) is 13.1. The Bertz CT molecular complexity index is 275. The first-order valence-corrected chi connectivity index (χ1v) is 8.48. The van der Waals surface area contributed by atoms with Crippen molar-refractivity contribution in [2.75, 3.05) is 13.1 Å². The van der Waals surface area contributed by atoms with Crippen LogP contribution in [-0.2, 0) is 0 Å². The normalized spacial score (nSPS) is 9.90. The van der Waals surface area contributed by atoms with E-state index < -0.39 is 0 Å². The van der Waals surface area contributed by atoms with Crippen LogP contribution in [0.2, 0.25) is 0 Å². The Hall–Kier alpha value is -1.38. The monoisotopic (exact) mass is 296 g/mol. The van der Waals surface area contributed by atoms with Gasteiger partial charge in [0.25, 0.3) is 0 Å². The van der Waals surface area contributed by atoms with Gasteiger partial charge in [-0.25, -0.2) is 0 Å². The van der Waals surface area contributed by atoms with Gasteiger partial charge in [0.2, 0.25) is 9.82 Å². The highest BCUT2D eigenvalue weighted by molar-refractivity contribution is 4.50. The molecule has 0 amide bonds. The van der Waals surface area contributed by atoms with E-state index in [2.05, 4.69) is 20.1 Å². The summed E-state index contributed by atoms with van der Waals surface area (Å²) < 4.78 is 0. The van der Waals surface area contributed by atoms with Gasteiger partial charge in [0.15, 0.2) is 0 Å². The third-order valence-electron chi connectivity index (χ3n) is 3.66. The Morgan fingerprint density at radius 3 is 0.905 bits per heavy atom. The molecule has 0 fully saturated rings. The highest BCUT2D eigenvalue weighted by Crippen LogP contribution is 2.12. The van der Waals surface area contributed by atoms with Gasteiger partial charge in [0, 0.05) is 0 Å². The zero-order chi connectivity index (χ0) is 15.4. The summed E-state index contributed by atoms with van der Waals surface area (Å²) in [4.78, 5) is 6.00. The molecule has 0 unspecified atom stereocenters. The topological polar surface area (TPSA) is 101 Å². The van der Waals surface area contributed by atoms with Gasteiger partial charge >= 0.3 is 0 Å². The van der Waals surface area contributed by atoms with Crippen molar-refractivity contribution in [3.8, 4) is 0 Å². The molecule has 0 aromatic rings. The lowest BCUT2D eigenvalue weighted by atomic mass is 10.0. The van der Waals surface area contributed by atoms with E-state index in [0.717, 1.165) is 25.9 Å². The fraction of sp³-hybridized carbons (Fsp3) is 1.00. The average Bonchev–Trinajstić information content (AvgIpc) is 2.50. The van der Waals surface area contributed by atoms with Crippen molar-refractivity contribution < 1.29 is 0 Å². The summed E-state index contributed by atoms with van der Waals surface area (Å²) in [7, 11) is 0. The molecule has 0 aromatic heterocycles. The number of hydrogen-bond donors (Lipinski definition) is 2. The number of unbranched alkanes of at least 4 members (excludes halogenated alkanes) is 12. The molecular formula is C15H32N6+2. The maximum absolute atomic E-state index is 6.54. The summed E-state index contributed by atoms with van der Waals surface area (Å²) in [6.07, 6.45) is 16.7. The molecule has 0 rings (SSSR count). The first-order chi connectivity index (χ1) is 10.4. The summed E-state index contributed by atoms with van der Waals surface area (Å²) in [6, 6.07) is 0. The number of rotatable bonds is 16. The van der Waals surface area contributed by atoms with Gasteiger partial charge in [-0.2, -0.15) is 0 Å². The van der Waals surface area contributed by atoms with Crippen LogP contribution in [0.5, 0.6) is 0 Å². The SMILES string of the molecule is N=[N+]=NCCCCCCCCCCCCCCCN=[N+]=N. The van der Waals surface area contributed by atoms with Gasteiger partial charge < -0.3 is 0 Å². The first kappa shape index (κ1) is 19.6. The summed E-state index contributed by atoms with van der Waals surface area (Å²) >= 11 is 0. The minimum atomic E-state index is 0.718. The summed E-state index contributed by atoms with van der Waals surface area (Å²) in [5, 5.41) is 7.30. The Labute approximate surface area is 128 Å². The molecule has 0 aliphatic carbocycles. The maximum Gasteiger partial charge on any atom is 0.214 e. The molecule has 0 bridgehead atoms. The van der Waals surface area contributed by atoms with Gasteiger partial charge in [0.05, 0.1) is 0 Å². The van der Waals surface area contributed by atoms with E-state index in [0.29, 0.717) is 0 Å². The Morgan fingerprint density at radius 2 is 0.667 bits per heavy atom. The maximum atomic E-state index is 6.54. The van der Waals surface area contributed by atoms with E-state index in [1.165, 1.54) is 70.6 Å². The molecular weight excluding hydrogens is 264 g/mol. The molecule has 21 heavy (non-hydrogen) atoms. The van der Waals surface area contributed by atoms with Crippen molar-refractivity contribution in [2.24, 2.45) is 10.2 Å². The second-order valence-corrected chi connectivity index (χ2v) is 5.53. The van der Waals surface area contributed by atoms with E-state index in [4.69, 9.17) is 11.1 Å². The van der Waals surface area contributed by atoms with E-state index >= 15 is 0 Å². The van der Waals surface area contributed by atoms with Gasteiger partial charge in [-0.3, -0.25) is 0 Å². The molecule has 120 valence electrons. The lowest BCUT2D eigenvalue weighted by molar-refractivity contribution is 0.536. The van der Waals surface area contributed by atoms with E-state index in [1.54, 1.807) is 0 Å². The lowest BCUT2D eigenvalue weighted by Crippen LogP contribution is -1.85. The minimum absolute atomic E-state index is 0.718. The van der Waals surface area contributed by atoms with Crippen LogP contribution in [0.25, 0.3) is 0 Å². The van der Waals surface area contributed by atoms with Gasteiger partial charge in [-0.1, -0.05) is 70.6 Å². The smallest absolute Gasteiger partial charge is 0.0533 e. The van der Waals surface area contributed by atoms with Crippen molar-refractivity contribution in [3.63, 3.8) is 0 Å². The predicted octanol–water partition coefficient (Wildman–Crippen LogP) is 5.16. The Kier molecular flexibility index (Phi) is 17.4. The molecule has 0 spiro atoms. The third-order valence-corrected chi connectivity index (χ3v) is 3.66. The number of hydrogen-bond acceptors (Lipinski definition) is 4. The molecule has 0 saturated heterocycles. The molecule has 0 aliphatic heterocycles. The second kappa shape index (κ2) is 18.6. The zero-order valence-corrected chi connectivity index (χ0v) is 13.4. The number of nitrogens with one attached hydrogen (secondary N) is 2. The van der Waals surface area contributed by atoms with Crippen LogP contribution in [0.3, 0.4) is 0 Å². The van der Waals surface area contributed by atoms with E-state index in [-0.39, 0.29) is 0 Å². The molecule has 0 heterocycles. The van der Waals surface area contributed by atoms with Crippen molar-refractivity contribution in [2.45, 2.75) is 83.5 Å². The van der Waals surface area contributed by atoms with Crippen LogP contribution in [0.1, 0.15) is 83.5 Å². The first-order valence-electron chi connectivity index (χ1n) is 8.48. The summed E-state index contributed by atoms with van der Waals surface area (Å²) in [5.74, 6) is 0. The van der Waals surface area contributed by atoms with Crippen LogP contribution >= 0.6 is 0 Å². The molecule has 0 aromatic carbocycles. The lowest BCUT2D eigenvalue weighted by Gasteiger charge is -2.02. The van der Waals surface area contributed by atoms with Crippen molar-refractivity contribution >= 4 is 0 Å². The largest absolute Gasteiger partial charge is 0.214 e. The zero-order valence-electron chi connectivity index (χ0n) is 13.4. The van der Waals surface area contributed by atoms with E-state index in [1.807, 2.05) is 0 Å². The average molecular weight is 296 g/mol. The molecule has 2 N–H and O–H groups in total. The molecule has 6 nitrogen and oxygen atoms in total. The van der Waals surface area contributed by atoms with Crippen molar-refractivity contribution in [1.29, 1.82) is 11.1 Å². The molecule has 6 heteroatoms. The number of nitrogens with zero attached hydrogens (tertiary/aromatic N) is 4. The van der Waals surface area contributed by atoms with Gasteiger partial charge in [-0.05, 0) is 12.8 Å². The Balaban J connectivity index is 2.99. The van der Waals surface area contributed by atoms with Crippen LogP contribution < -0.4 is 9.82 Å². The van der Waals surface area contributed by atoms with Gasteiger partial charge in [-0.15, -0.1) is 0 Å². The van der Waals surface area contributed by atoms with Crippen molar-refractivity contribution in [3.05, 3.63) is 0 Å². The van der Waals surface area contributed by atoms with Crippen LogP contribution in [0.4, 0.5) is 0 Å². The molecule has 0 aliphatic rings. The highest BCUT2D eigenvalue weighted by Gasteiger charge is 1.95.